The molecule has 0 saturated heterocycles. The summed E-state index contributed by atoms with van der Waals surface area (Å²) in [7, 11) is 0. The Kier molecular flexibility index (Phi) is 9.48. The number of benzene rings is 3. The minimum Gasteiger partial charge on any atom is -0.493 e. The van der Waals surface area contributed by atoms with E-state index < -0.39 is 11.6 Å². The lowest BCUT2D eigenvalue weighted by molar-refractivity contribution is 0.0247. The molecule has 0 spiro atoms. The van der Waals surface area contributed by atoms with Crippen LogP contribution >= 0.6 is 46.4 Å². The third kappa shape index (κ3) is 5.16. The van der Waals surface area contributed by atoms with Crippen molar-refractivity contribution in [2.45, 2.75) is 65.9 Å². The number of carbonyl (C=O) groups is 1. The Morgan fingerprint density at radius 2 is 1.63 bits per heavy atom. The van der Waals surface area contributed by atoms with Crippen LogP contribution in [0.3, 0.4) is 0 Å². The predicted octanol–water partition coefficient (Wildman–Crippen LogP) is 10.5. The van der Waals surface area contributed by atoms with Crippen LogP contribution < -0.4 is 9.64 Å². The Morgan fingerprint density at radius 3 is 2.30 bits per heavy atom. The molecule has 1 atom stereocenters. The second kappa shape index (κ2) is 12.8. The van der Waals surface area contributed by atoms with E-state index in [4.69, 9.17) is 55.9 Å². The number of unbranched alkanes of at least 4 members (excludes halogenated alkanes) is 2. The molecule has 0 amide bonds. The van der Waals surface area contributed by atoms with Gasteiger partial charge in [0.25, 0.3) is 0 Å². The molecular weight excluding hydrogens is 626 g/mol. The van der Waals surface area contributed by atoms with Crippen molar-refractivity contribution in [3.8, 4) is 5.75 Å². The van der Waals surface area contributed by atoms with Crippen molar-refractivity contribution >= 4 is 69.0 Å². The van der Waals surface area contributed by atoms with Gasteiger partial charge in [-0.2, -0.15) is 0 Å². The first-order valence-electron chi connectivity index (χ1n) is 14.9. The zero-order chi connectivity index (χ0) is 31.1. The SMILES string of the molecule is CCCCCc1cccc2[nH]c(C)c(C3(c4ccc(N(CC)CC)cc4OCC)OC(=O)c4c(Cl)c(Cl)c(Cl)c(Cl)c43)c12. The van der Waals surface area contributed by atoms with Crippen molar-refractivity contribution in [3.63, 3.8) is 0 Å². The van der Waals surface area contributed by atoms with Gasteiger partial charge in [-0.25, -0.2) is 4.79 Å². The summed E-state index contributed by atoms with van der Waals surface area (Å²) < 4.78 is 12.9. The first-order chi connectivity index (χ1) is 20.7. The van der Waals surface area contributed by atoms with E-state index in [9.17, 15) is 4.79 Å². The van der Waals surface area contributed by atoms with Crippen LogP contribution in [0.15, 0.2) is 36.4 Å². The monoisotopic (exact) mass is 660 g/mol. The molecule has 0 saturated carbocycles. The zero-order valence-corrected chi connectivity index (χ0v) is 28.1. The average molecular weight is 662 g/mol. The Balaban J connectivity index is 1.95. The second-order valence-electron chi connectivity index (χ2n) is 10.8. The lowest BCUT2D eigenvalue weighted by Crippen LogP contribution is -2.32. The number of ether oxygens (including phenoxy) is 2. The van der Waals surface area contributed by atoms with Crippen LogP contribution in [-0.2, 0) is 16.8 Å². The van der Waals surface area contributed by atoms with Crippen molar-refractivity contribution in [2.24, 2.45) is 0 Å². The highest BCUT2D eigenvalue weighted by molar-refractivity contribution is 6.53. The Bertz CT molecular complexity index is 1700. The second-order valence-corrected chi connectivity index (χ2v) is 12.3. The molecule has 1 unspecified atom stereocenters. The first-order valence-corrected chi connectivity index (χ1v) is 16.4. The van der Waals surface area contributed by atoms with Crippen molar-refractivity contribution in [2.75, 3.05) is 24.6 Å². The number of aromatic amines is 1. The number of carbonyl (C=O) groups excluding carboxylic acids is 1. The van der Waals surface area contributed by atoms with Crippen LogP contribution in [0.25, 0.3) is 10.9 Å². The lowest BCUT2D eigenvalue weighted by atomic mass is 9.77. The van der Waals surface area contributed by atoms with Crippen LogP contribution in [-0.4, -0.2) is 30.6 Å². The highest BCUT2D eigenvalue weighted by atomic mass is 35.5. The minimum absolute atomic E-state index is 0.0105. The van der Waals surface area contributed by atoms with Gasteiger partial charge in [0.05, 0.1) is 32.3 Å². The highest BCUT2D eigenvalue weighted by Crippen LogP contribution is 2.59. The van der Waals surface area contributed by atoms with E-state index in [0.29, 0.717) is 23.5 Å². The van der Waals surface area contributed by atoms with E-state index in [0.717, 1.165) is 72.2 Å². The molecule has 1 aliphatic heterocycles. The maximum Gasteiger partial charge on any atom is 0.341 e. The first kappa shape index (κ1) is 31.8. The van der Waals surface area contributed by atoms with Crippen LogP contribution in [0.1, 0.15) is 85.3 Å². The molecule has 1 aliphatic rings. The molecule has 5 rings (SSSR count). The van der Waals surface area contributed by atoms with Gasteiger partial charge in [-0.1, -0.05) is 78.3 Å². The summed E-state index contributed by atoms with van der Waals surface area (Å²) in [5, 5.41) is 1.18. The number of aromatic nitrogens is 1. The Morgan fingerprint density at radius 1 is 0.907 bits per heavy atom. The maximum absolute atomic E-state index is 13.9. The van der Waals surface area contributed by atoms with Gasteiger partial charge in [-0.05, 0) is 64.3 Å². The number of hydrogen-bond acceptors (Lipinski definition) is 4. The molecule has 4 aromatic rings. The molecule has 2 heterocycles. The van der Waals surface area contributed by atoms with Crippen molar-refractivity contribution in [1.29, 1.82) is 0 Å². The van der Waals surface area contributed by atoms with Gasteiger partial charge >= 0.3 is 5.97 Å². The van der Waals surface area contributed by atoms with Gasteiger partial charge in [-0.15, -0.1) is 0 Å². The van der Waals surface area contributed by atoms with Crippen LogP contribution in [0.5, 0.6) is 5.75 Å². The molecule has 1 N–H and O–H groups in total. The van der Waals surface area contributed by atoms with Crippen molar-refractivity contribution in [1.82, 2.24) is 4.98 Å². The third-order valence-electron chi connectivity index (χ3n) is 8.34. The molecule has 0 radical (unpaired) electrons. The van der Waals surface area contributed by atoms with Crippen LogP contribution in [0.4, 0.5) is 5.69 Å². The molecular formula is C34H36Cl4N2O3. The van der Waals surface area contributed by atoms with E-state index in [-0.39, 0.29) is 25.7 Å². The fraction of sp³-hybridized carbons (Fsp3) is 0.382. The minimum atomic E-state index is -1.53. The molecule has 3 aromatic carbocycles. The van der Waals surface area contributed by atoms with E-state index in [2.05, 4.69) is 42.8 Å². The Hall–Kier alpha value is -2.57. The summed E-state index contributed by atoms with van der Waals surface area (Å²) in [6.45, 7) is 12.4. The number of hydrogen-bond donors (Lipinski definition) is 1. The standard InChI is InChI=1S/C34H36Cl4N2O3/c1-6-10-11-13-20-14-12-15-23-25(20)27(19(5)39-23)34(22-17-16-21(40(7-2)8-3)18-24(22)42-9-4)28-26(33(41)43-34)29(35)31(37)32(38)30(28)36/h12,14-18,39H,6-11,13H2,1-5H3. The third-order valence-corrected chi connectivity index (χ3v) is 10.1. The molecule has 0 bridgehead atoms. The van der Waals surface area contributed by atoms with E-state index >= 15 is 0 Å². The van der Waals surface area contributed by atoms with E-state index in [1.165, 1.54) is 0 Å². The Labute approximate surface area is 273 Å². The largest absolute Gasteiger partial charge is 0.493 e. The van der Waals surface area contributed by atoms with Crippen LogP contribution in [0, 0.1) is 6.92 Å². The smallest absolute Gasteiger partial charge is 0.341 e. The summed E-state index contributed by atoms with van der Waals surface area (Å²) in [6, 6.07) is 12.2. The fourth-order valence-electron chi connectivity index (χ4n) is 6.42. The molecule has 0 aliphatic carbocycles. The number of halogens is 4. The topological polar surface area (TPSA) is 54.6 Å². The number of fused-ring (bicyclic) bond motifs is 2. The van der Waals surface area contributed by atoms with Gasteiger partial charge in [-0.3, -0.25) is 0 Å². The normalized spacial score (nSPS) is 16.1. The number of anilines is 1. The van der Waals surface area contributed by atoms with Gasteiger partial charge in [0, 0.05) is 58.1 Å². The quantitative estimate of drug-likeness (QED) is 0.0752. The van der Waals surface area contributed by atoms with Crippen LogP contribution in [0.2, 0.25) is 20.1 Å². The number of nitrogens with one attached hydrogen (secondary N) is 1. The van der Waals surface area contributed by atoms with E-state index in [1.807, 2.05) is 38.1 Å². The maximum atomic E-state index is 13.9. The molecule has 43 heavy (non-hydrogen) atoms. The van der Waals surface area contributed by atoms with Gasteiger partial charge in [0.15, 0.2) is 5.60 Å². The lowest BCUT2D eigenvalue weighted by Gasteiger charge is -2.34. The van der Waals surface area contributed by atoms with E-state index in [1.54, 1.807) is 0 Å². The van der Waals surface area contributed by atoms with Gasteiger partial charge in [0.2, 0.25) is 0 Å². The number of H-pyrrole nitrogens is 1. The summed E-state index contributed by atoms with van der Waals surface area (Å²) >= 11 is 27.0. The van der Waals surface area contributed by atoms with Gasteiger partial charge in [0.1, 0.15) is 5.75 Å². The highest BCUT2D eigenvalue weighted by Gasteiger charge is 2.55. The number of cyclic esters (lactones) is 1. The molecule has 1 aromatic heterocycles. The van der Waals surface area contributed by atoms with Gasteiger partial charge < -0.3 is 19.4 Å². The zero-order valence-electron chi connectivity index (χ0n) is 25.1. The molecule has 9 heteroatoms. The molecule has 228 valence electrons. The molecule has 5 nitrogen and oxygen atoms in total. The summed E-state index contributed by atoms with van der Waals surface area (Å²) in [4.78, 5) is 19.7. The fourth-order valence-corrected chi connectivity index (χ4v) is 7.49. The predicted molar refractivity (Wildman–Crippen MR) is 179 cm³/mol. The van der Waals surface area contributed by atoms with Crippen molar-refractivity contribution in [3.05, 3.63) is 90.0 Å². The summed E-state index contributed by atoms with van der Waals surface area (Å²) in [6.07, 6.45) is 4.10. The summed E-state index contributed by atoms with van der Waals surface area (Å²) in [5.74, 6) is -0.0593. The number of aryl methyl sites for hydroxylation is 2. The molecule has 0 fully saturated rings. The number of nitrogens with zero attached hydrogens (tertiary/aromatic N) is 1. The number of rotatable bonds is 11. The number of esters is 1. The summed E-state index contributed by atoms with van der Waals surface area (Å²) in [5.41, 5.74) is 4.24. The average Bonchev–Trinajstić information content (AvgIpc) is 3.50. The van der Waals surface area contributed by atoms with Crippen molar-refractivity contribution < 1.29 is 14.3 Å².